The van der Waals surface area contributed by atoms with Crippen LogP contribution in [0.5, 0.6) is 5.75 Å². The molecule has 1 saturated carbocycles. The summed E-state index contributed by atoms with van der Waals surface area (Å²) < 4.78 is 6.24. The smallest absolute Gasteiger partial charge is 0.309 e. The molecule has 1 spiro atoms. The van der Waals surface area contributed by atoms with Crippen LogP contribution in [-0.4, -0.2) is 46.6 Å². The van der Waals surface area contributed by atoms with Crippen molar-refractivity contribution in [2.24, 2.45) is 5.92 Å². The maximum atomic E-state index is 11.8. The summed E-state index contributed by atoms with van der Waals surface area (Å²) in [5, 5.41) is 12.5. The second-order valence-electron chi connectivity index (χ2n) is 8.21. The van der Waals surface area contributed by atoms with Crippen molar-refractivity contribution in [2.75, 3.05) is 13.1 Å². The maximum absolute atomic E-state index is 11.8. The Balaban J connectivity index is 1.40. The van der Waals surface area contributed by atoms with Gasteiger partial charge < -0.3 is 15.2 Å². The average molecular weight is 372 g/mol. The first kappa shape index (κ1) is 18.3. The van der Waals surface area contributed by atoms with Gasteiger partial charge in [0, 0.05) is 31.6 Å². The van der Waals surface area contributed by atoms with Crippen molar-refractivity contribution in [3.05, 3.63) is 29.8 Å². The number of carboxylic acids is 1. The second kappa shape index (κ2) is 7.50. The highest BCUT2D eigenvalue weighted by Crippen LogP contribution is 2.37. The maximum Gasteiger partial charge on any atom is 0.309 e. The van der Waals surface area contributed by atoms with E-state index in [9.17, 15) is 14.7 Å². The molecule has 146 valence electrons. The summed E-state index contributed by atoms with van der Waals surface area (Å²) in [7, 11) is 0. The number of aliphatic carboxylic acids is 1. The molecule has 1 unspecified atom stereocenters. The van der Waals surface area contributed by atoms with Gasteiger partial charge in [0.25, 0.3) is 0 Å². The van der Waals surface area contributed by atoms with Gasteiger partial charge in [-0.2, -0.15) is 0 Å². The van der Waals surface area contributed by atoms with Crippen LogP contribution < -0.4 is 10.1 Å². The zero-order chi connectivity index (χ0) is 18.9. The Kier molecular flexibility index (Phi) is 5.08. The Hall–Kier alpha value is -2.08. The fourth-order valence-corrected chi connectivity index (χ4v) is 4.88. The Morgan fingerprint density at radius 2 is 1.93 bits per heavy atom. The summed E-state index contributed by atoms with van der Waals surface area (Å²) in [6.45, 7) is 2.36. The number of carbonyl (C=O) groups excluding carboxylic acids is 1. The number of ether oxygens (including phenoxy) is 1. The molecule has 1 atom stereocenters. The number of amides is 1. The number of carbonyl (C=O) groups is 2. The lowest BCUT2D eigenvalue weighted by molar-refractivity contribution is -0.144. The number of piperidine rings is 1. The van der Waals surface area contributed by atoms with Crippen LogP contribution in [0.3, 0.4) is 0 Å². The van der Waals surface area contributed by atoms with Crippen molar-refractivity contribution >= 4 is 11.9 Å². The molecule has 6 heteroatoms. The standard InChI is InChI=1S/C21H28N2O4/c24-19-13-17(20(25)26)21(22-19)9-11-23(12-10-21)14-15-5-1-4-8-18(15)27-16-6-2-3-7-16/h1,4-5,8,16-17H,2-3,6-7,9-14H2,(H,22,24)(H,25,26). The molecule has 2 N–H and O–H groups in total. The highest BCUT2D eigenvalue weighted by molar-refractivity contribution is 5.88. The third kappa shape index (κ3) is 3.81. The Morgan fingerprint density at radius 3 is 2.63 bits per heavy atom. The zero-order valence-electron chi connectivity index (χ0n) is 15.7. The van der Waals surface area contributed by atoms with Gasteiger partial charge in [-0.05, 0) is 44.6 Å². The van der Waals surface area contributed by atoms with Gasteiger partial charge in [-0.15, -0.1) is 0 Å². The molecule has 0 aromatic heterocycles. The molecular formula is C21H28N2O4. The second-order valence-corrected chi connectivity index (χ2v) is 8.21. The molecule has 1 amide bonds. The average Bonchev–Trinajstić information content (AvgIpc) is 3.27. The first-order valence-corrected chi connectivity index (χ1v) is 10.1. The summed E-state index contributed by atoms with van der Waals surface area (Å²) in [6.07, 6.45) is 6.57. The monoisotopic (exact) mass is 372 g/mol. The van der Waals surface area contributed by atoms with Crippen LogP contribution in [0.1, 0.15) is 50.5 Å². The van der Waals surface area contributed by atoms with Crippen LogP contribution in [0.4, 0.5) is 0 Å². The summed E-state index contributed by atoms with van der Waals surface area (Å²) in [5.74, 6) is -0.629. The van der Waals surface area contributed by atoms with Gasteiger partial charge in [-0.1, -0.05) is 18.2 Å². The minimum absolute atomic E-state index is 0.105. The number of para-hydroxylation sites is 1. The van der Waals surface area contributed by atoms with E-state index in [1.165, 1.54) is 18.4 Å². The van der Waals surface area contributed by atoms with Gasteiger partial charge >= 0.3 is 5.97 Å². The summed E-state index contributed by atoms with van der Waals surface area (Å²) in [6, 6.07) is 8.23. The summed E-state index contributed by atoms with van der Waals surface area (Å²) >= 11 is 0. The largest absolute Gasteiger partial charge is 0.490 e. The fourth-order valence-electron chi connectivity index (χ4n) is 4.88. The summed E-state index contributed by atoms with van der Waals surface area (Å²) in [5.41, 5.74) is 0.616. The topological polar surface area (TPSA) is 78.9 Å². The lowest BCUT2D eigenvalue weighted by atomic mass is 9.77. The van der Waals surface area contributed by atoms with Crippen LogP contribution in [0.2, 0.25) is 0 Å². The molecule has 2 heterocycles. The van der Waals surface area contributed by atoms with Gasteiger partial charge in [-0.25, -0.2) is 0 Å². The van der Waals surface area contributed by atoms with E-state index in [2.05, 4.69) is 22.3 Å². The van der Waals surface area contributed by atoms with Gasteiger partial charge in [0.15, 0.2) is 0 Å². The van der Waals surface area contributed by atoms with Gasteiger partial charge in [0.05, 0.1) is 17.6 Å². The summed E-state index contributed by atoms with van der Waals surface area (Å²) in [4.78, 5) is 25.7. The number of carboxylic acid groups (broad SMARTS) is 1. The molecule has 4 rings (SSSR count). The predicted molar refractivity (Wildman–Crippen MR) is 100 cm³/mol. The van der Waals surface area contributed by atoms with Crippen molar-refractivity contribution in [3.8, 4) is 5.75 Å². The van der Waals surface area contributed by atoms with Crippen LogP contribution in [-0.2, 0) is 16.1 Å². The number of nitrogens with zero attached hydrogens (tertiary/aromatic N) is 1. The number of benzene rings is 1. The molecule has 0 radical (unpaired) electrons. The van der Waals surface area contributed by atoms with Crippen molar-refractivity contribution in [3.63, 3.8) is 0 Å². The van der Waals surface area contributed by atoms with E-state index in [4.69, 9.17) is 4.74 Å². The van der Waals surface area contributed by atoms with E-state index in [0.29, 0.717) is 18.9 Å². The van der Waals surface area contributed by atoms with Crippen molar-refractivity contribution in [1.82, 2.24) is 10.2 Å². The van der Waals surface area contributed by atoms with E-state index < -0.39 is 17.4 Å². The first-order valence-electron chi connectivity index (χ1n) is 10.1. The van der Waals surface area contributed by atoms with E-state index in [-0.39, 0.29) is 12.3 Å². The zero-order valence-corrected chi connectivity index (χ0v) is 15.7. The Morgan fingerprint density at radius 1 is 1.22 bits per heavy atom. The van der Waals surface area contributed by atoms with Crippen LogP contribution in [0.15, 0.2) is 24.3 Å². The molecule has 1 aromatic carbocycles. The number of likely N-dealkylation sites (tertiary alicyclic amines) is 1. The molecule has 27 heavy (non-hydrogen) atoms. The van der Waals surface area contributed by atoms with Gasteiger partial charge in [-0.3, -0.25) is 14.5 Å². The normalized spacial score (nSPS) is 25.6. The number of hydrogen-bond acceptors (Lipinski definition) is 4. The van der Waals surface area contributed by atoms with Crippen molar-refractivity contribution in [1.29, 1.82) is 0 Å². The molecule has 3 fully saturated rings. The predicted octanol–water partition coefficient (Wildman–Crippen LogP) is 2.56. The third-order valence-corrected chi connectivity index (χ3v) is 6.45. The van der Waals surface area contributed by atoms with E-state index in [0.717, 1.165) is 38.2 Å². The van der Waals surface area contributed by atoms with Crippen molar-refractivity contribution < 1.29 is 19.4 Å². The molecule has 2 aliphatic heterocycles. The van der Waals surface area contributed by atoms with E-state index in [1.807, 2.05) is 12.1 Å². The van der Waals surface area contributed by atoms with Crippen LogP contribution in [0.25, 0.3) is 0 Å². The third-order valence-electron chi connectivity index (χ3n) is 6.45. The Bertz CT molecular complexity index is 706. The number of rotatable bonds is 5. The van der Waals surface area contributed by atoms with E-state index in [1.54, 1.807) is 0 Å². The minimum Gasteiger partial charge on any atom is -0.490 e. The Labute approximate surface area is 159 Å². The molecule has 6 nitrogen and oxygen atoms in total. The SMILES string of the molecule is O=C1CC(C(=O)O)C2(CCN(Cc3ccccc3OC3CCCC3)CC2)N1. The number of hydrogen-bond donors (Lipinski definition) is 2. The molecular weight excluding hydrogens is 344 g/mol. The highest BCUT2D eigenvalue weighted by atomic mass is 16.5. The molecule has 0 bridgehead atoms. The van der Waals surface area contributed by atoms with Gasteiger partial charge in [0.1, 0.15) is 5.75 Å². The lowest BCUT2D eigenvalue weighted by Gasteiger charge is -2.41. The molecule has 1 aromatic rings. The lowest BCUT2D eigenvalue weighted by Crippen LogP contribution is -2.55. The first-order chi connectivity index (χ1) is 13.1. The van der Waals surface area contributed by atoms with Crippen molar-refractivity contribution in [2.45, 2.75) is 63.1 Å². The molecule has 1 aliphatic carbocycles. The van der Waals surface area contributed by atoms with Crippen LogP contribution in [0, 0.1) is 5.92 Å². The number of nitrogens with one attached hydrogen (secondary N) is 1. The van der Waals surface area contributed by atoms with Gasteiger partial charge in [0.2, 0.25) is 5.91 Å². The van der Waals surface area contributed by atoms with Crippen LogP contribution >= 0.6 is 0 Å². The molecule has 3 aliphatic rings. The quantitative estimate of drug-likeness (QED) is 0.830. The fraction of sp³-hybridized carbons (Fsp3) is 0.619. The minimum atomic E-state index is -0.864. The molecule has 2 saturated heterocycles. The highest BCUT2D eigenvalue weighted by Gasteiger charge is 2.51. The van der Waals surface area contributed by atoms with E-state index >= 15 is 0 Å².